The molecule has 1 aliphatic rings. The van der Waals surface area contributed by atoms with E-state index in [1.807, 2.05) is 0 Å². The van der Waals surface area contributed by atoms with Crippen molar-refractivity contribution in [2.24, 2.45) is 0 Å². The van der Waals surface area contributed by atoms with E-state index < -0.39 is 31.4 Å². The number of imidazole rings is 1. The van der Waals surface area contributed by atoms with Crippen LogP contribution < -0.4 is 5.32 Å². The van der Waals surface area contributed by atoms with Crippen molar-refractivity contribution in [2.75, 3.05) is 31.9 Å². The summed E-state index contributed by atoms with van der Waals surface area (Å²) in [6.07, 6.45) is 5.61. The number of hydrogen-bond acceptors (Lipinski definition) is 7. The summed E-state index contributed by atoms with van der Waals surface area (Å²) in [4.78, 5) is 12.7. The van der Waals surface area contributed by atoms with Gasteiger partial charge in [0.1, 0.15) is 24.1 Å². The first-order valence-electron chi connectivity index (χ1n) is 7.86. The van der Waals surface area contributed by atoms with Gasteiger partial charge in [-0.3, -0.25) is 4.57 Å². The van der Waals surface area contributed by atoms with Gasteiger partial charge >= 0.3 is 0 Å². The summed E-state index contributed by atoms with van der Waals surface area (Å²) in [5.41, 5.74) is 1.15. The van der Waals surface area contributed by atoms with Crippen LogP contribution in [0.4, 0.5) is 5.82 Å². The van der Waals surface area contributed by atoms with Gasteiger partial charge in [-0.1, -0.05) is 0 Å². The van der Waals surface area contributed by atoms with Crippen LogP contribution in [0.15, 0.2) is 12.7 Å². The maximum atomic E-state index is 10.4. The van der Waals surface area contributed by atoms with Crippen molar-refractivity contribution in [3.8, 4) is 0 Å². The lowest BCUT2D eigenvalue weighted by Crippen LogP contribution is -2.31. The minimum Gasteiger partial charge on any atom is -0.388 e. The van der Waals surface area contributed by atoms with Crippen LogP contribution in [0.1, 0.15) is 12.6 Å². The summed E-state index contributed by atoms with van der Waals surface area (Å²) < 4.78 is 7.59. The Bertz CT molecular complexity index is 774. The third-order valence-corrected chi connectivity index (χ3v) is 5.69. The highest BCUT2D eigenvalue weighted by atomic mass is 31.2. The standard InChI is InChI=1S/C15H24N5O3P/c1-16-13-10-14(18-7-17-13)20(8-19-10)15-12(22)11(21)9(23-15)5-6-24(2,3)4/h7-9,11-12,15,21-22H,2,5-6H2,1,3-4H3,(H,16,17,18)/t9-,11-,12-,15?/m1/s1. The van der Waals surface area contributed by atoms with Crippen LogP contribution in [-0.4, -0.2) is 80.9 Å². The van der Waals surface area contributed by atoms with Crippen LogP contribution >= 0.6 is 6.89 Å². The normalized spacial score (nSPS) is 27.7. The molecule has 9 heteroatoms. The molecule has 0 aliphatic carbocycles. The number of ether oxygens (including phenoxy) is 1. The number of hydrogen-bond donors (Lipinski definition) is 3. The van der Waals surface area contributed by atoms with E-state index in [0.29, 0.717) is 23.4 Å². The molecule has 132 valence electrons. The van der Waals surface area contributed by atoms with Gasteiger partial charge in [0.25, 0.3) is 0 Å². The van der Waals surface area contributed by atoms with Crippen LogP contribution in [0.25, 0.3) is 11.2 Å². The molecular formula is C15H24N5O3P. The number of nitrogens with zero attached hydrogens (tertiary/aromatic N) is 4. The van der Waals surface area contributed by atoms with Gasteiger partial charge in [-0.05, 0) is 25.9 Å². The molecular weight excluding hydrogens is 329 g/mol. The molecule has 3 rings (SSSR count). The average molecular weight is 353 g/mol. The molecule has 2 aromatic rings. The Hall–Kier alpha value is -1.47. The Balaban J connectivity index is 1.86. The molecule has 1 unspecified atom stereocenters. The maximum Gasteiger partial charge on any atom is 0.167 e. The Labute approximate surface area is 140 Å². The van der Waals surface area contributed by atoms with Crippen molar-refractivity contribution in [1.82, 2.24) is 19.5 Å². The third-order valence-electron chi connectivity index (χ3n) is 4.23. The molecule has 0 amide bonds. The zero-order valence-corrected chi connectivity index (χ0v) is 15.0. The Morgan fingerprint density at radius 1 is 1.29 bits per heavy atom. The van der Waals surface area contributed by atoms with E-state index in [2.05, 4.69) is 39.9 Å². The second-order valence-electron chi connectivity index (χ2n) is 6.79. The molecule has 3 N–H and O–H groups in total. The van der Waals surface area contributed by atoms with Crippen molar-refractivity contribution in [2.45, 2.75) is 31.0 Å². The van der Waals surface area contributed by atoms with E-state index >= 15 is 0 Å². The van der Waals surface area contributed by atoms with Gasteiger partial charge < -0.3 is 20.3 Å². The summed E-state index contributed by atoms with van der Waals surface area (Å²) in [6, 6.07) is 0. The van der Waals surface area contributed by atoms with Gasteiger partial charge in [-0.2, -0.15) is 0 Å². The van der Waals surface area contributed by atoms with Gasteiger partial charge in [0.2, 0.25) is 0 Å². The highest BCUT2D eigenvalue weighted by molar-refractivity contribution is 7.72. The van der Waals surface area contributed by atoms with Crippen molar-refractivity contribution in [1.29, 1.82) is 0 Å². The molecule has 4 atom stereocenters. The quantitative estimate of drug-likeness (QED) is 0.676. The predicted molar refractivity (Wildman–Crippen MR) is 96.2 cm³/mol. The Morgan fingerprint density at radius 2 is 2.04 bits per heavy atom. The van der Waals surface area contributed by atoms with Gasteiger partial charge in [0.15, 0.2) is 17.7 Å². The fourth-order valence-corrected chi connectivity index (χ4v) is 3.85. The Morgan fingerprint density at radius 3 is 2.71 bits per heavy atom. The minimum absolute atomic E-state index is 0.422. The molecule has 1 aliphatic heterocycles. The molecule has 3 heterocycles. The maximum absolute atomic E-state index is 10.4. The second kappa shape index (κ2) is 6.44. The molecule has 0 radical (unpaired) electrons. The molecule has 0 spiro atoms. The minimum atomic E-state index is -1.21. The first-order chi connectivity index (χ1) is 11.3. The van der Waals surface area contributed by atoms with Crippen LogP contribution in [0.5, 0.6) is 0 Å². The summed E-state index contributed by atoms with van der Waals surface area (Å²) >= 11 is 0. The molecule has 0 saturated carbocycles. The summed E-state index contributed by atoms with van der Waals surface area (Å²) in [7, 11) is 1.76. The molecule has 1 fully saturated rings. The number of aliphatic hydroxyl groups excluding tert-OH is 2. The van der Waals surface area contributed by atoms with Crippen molar-refractivity contribution >= 4 is 30.2 Å². The molecule has 0 aromatic carbocycles. The molecule has 0 bridgehead atoms. The van der Waals surface area contributed by atoms with E-state index in [0.717, 1.165) is 6.16 Å². The first-order valence-corrected chi connectivity index (χ1v) is 10.9. The number of nitrogens with one attached hydrogen (secondary N) is 1. The van der Waals surface area contributed by atoms with Crippen LogP contribution in [0.2, 0.25) is 0 Å². The average Bonchev–Trinajstić information content (AvgIpc) is 3.07. The summed E-state index contributed by atoms with van der Waals surface area (Å²) in [5.74, 6) is 0.604. The van der Waals surface area contributed by atoms with Crippen LogP contribution in [0.3, 0.4) is 0 Å². The third kappa shape index (κ3) is 3.19. The monoisotopic (exact) mass is 353 g/mol. The number of fused-ring (bicyclic) bond motifs is 1. The summed E-state index contributed by atoms with van der Waals surface area (Å²) in [5, 5.41) is 23.7. The van der Waals surface area contributed by atoms with Crippen molar-refractivity contribution < 1.29 is 14.9 Å². The largest absolute Gasteiger partial charge is 0.388 e. The van der Waals surface area contributed by atoms with Crippen LogP contribution in [0, 0.1) is 0 Å². The van der Waals surface area contributed by atoms with E-state index in [-0.39, 0.29) is 0 Å². The SMILES string of the molecule is C=P(C)(C)CC[C@H]1OC(n2cnc3c(NC)ncnc32)[C@H](O)[C@@H]1O. The van der Waals surface area contributed by atoms with Gasteiger partial charge in [0, 0.05) is 7.05 Å². The smallest absolute Gasteiger partial charge is 0.167 e. The number of anilines is 1. The van der Waals surface area contributed by atoms with E-state index in [1.54, 1.807) is 17.9 Å². The number of aromatic nitrogens is 4. The molecule has 24 heavy (non-hydrogen) atoms. The number of aliphatic hydroxyl groups is 2. The molecule has 8 nitrogen and oxygen atoms in total. The highest BCUT2D eigenvalue weighted by Gasteiger charge is 2.44. The Kier molecular flexibility index (Phi) is 4.66. The van der Waals surface area contributed by atoms with E-state index in [4.69, 9.17) is 4.74 Å². The summed E-state index contributed by atoms with van der Waals surface area (Å²) in [6.45, 7) is 3.07. The zero-order valence-electron chi connectivity index (χ0n) is 14.1. The lowest BCUT2D eigenvalue weighted by molar-refractivity contribution is -0.0353. The van der Waals surface area contributed by atoms with Crippen molar-refractivity contribution in [3.05, 3.63) is 12.7 Å². The van der Waals surface area contributed by atoms with Gasteiger partial charge in [0.05, 0.1) is 12.4 Å². The fourth-order valence-electron chi connectivity index (χ4n) is 2.90. The second-order valence-corrected chi connectivity index (χ2v) is 11.1. The fraction of sp³-hybridized carbons (Fsp3) is 0.600. The van der Waals surface area contributed by atoms with Crippen LogP contribution in [-0.2, 0) is 4.74 Å². The van der Waals surface area contributed by atoms with Crippen molar-refractivity contribution in [3.63, 3.8) is 0 Å². The topological polar surface area (TPSA) is 105 Å². The predicted octanol–water partition coefficient (Wildman–Crippen LogP) is 0.586. The van der Waals surface area contributed by atoms with E-state index in [9.17, 15) is 10.2 Å². The van der Waals surface area contributed by atoms with Gasteiger partial charge in [-0.25, -0.2) is 15.0 Å². The van der Waals surface area contributed by atoms with E-state index in [1.165, 1.54) is 6.33 Å². The number of rotatable bonds is 5. The highest BCUT2D eigenvalue weighted by Crippen LogP contribution is 2.40. The lowest BCUT2D eigenvalue weighted by atomic mass is 10.1. The first kappa shape index (κ1) is 17.4. The molecule has 2 aromatic heterocycles. The van der Waals surface area contributed by atoms with Gasteiger partial charge in [-0.15, -0.1) is 13.2 Å². The molecule has 1 saturated heterocycles. The lowest BCUT2D eigenvalue weighted by Gasteiger charge is -2.18. The zero-order chi connectivity index (χ0) is 17.5.